The molecule has 20 heavy (non-hydrogen) atoms. The molecule has 0 saturated heterocycles. The van der Waals surface area contributed by atoms with Gasteiger partial charge in [0.1, 0.15) is 11.4 Å². The van der Waals surface area contributed by atoms with Gasteiger partial charge in [-0.15, -0.1) is 0 Å². The number of rotatable bonds is 8. The standard InChI is InChI=1S/C15H25N3O2/c1-4-5-13-16-9-11-18(13)10-8-15(2,14(19)20-3)17-12-6-7-12/h9,11-12,17H,4-8,10H2,1-3H3. The van der Waals surface area contributed by atoms with Gasteiger partial charge in [0.2, 0.25) is 0 Å². The van der Waals surface area contributed by atoms with E-state index in [0.717, 1.165) is 38.1 Å². The minimum absolute atomic E-state index is 0.179. The molecule has 1 atom stereocenters. The van der Waals surface area contributed by atoms with Crippen molar-refractivity contribution < 1.29 is 9.53 Å². The van der Waals surface area contributed by atoms with Crippen LogP contribution in [0.5, 0.6) is 0 Å². The summed E-state index contributed by atoms with van der Waals surface area (Å²) in [6, 6.07) is 0.469. The van der Waals surface area contributed by atoms with Gasteiger partial charge in [0.05, 0.1) is 7.11 Å². The lowest BCUT2D eigenvalue weighted by atomic mass is 9.97. The average Bonchev–Trinajstić information content (AvgIpc) is 3.13. The monoisotopic (exact) mass is 279 g/mol. The Kier molecular flexibility index (Phi) is 4.81. The summed E-state index contributed by atoms with van der Waals surface area (Å²) in [6.07, 6.45) is 8.87. The third-order valence-corrected chi connectivity index (χ3v) is 3.86. The molecule has 1 unspecified atom stereocenters. The maximum Gasteiger partial charge on any atom is 0.325 e. The Morgan fingerprint density at radius 3 is 2.95 bits per heavy atom. The lowest BCUT2D eigenvalue weighted by molar-refractivity contribution is -0.148. The maximum absolute atomic E-state index is 12.1. The molecule has 1 aromatic heterocycles. The number of imidazole rings is 1. The van der Waals surface area contributed by atoms with Gasteiger partial charge in [0, 0.05) is 31.4 Å². The summed E-state index contributed by atoms with van der Waals surface area (Å²) in [5.41, 5.74) is -0.607. The summed E-state index contributed by atoms with van der Waals surface area (Å²) >= 11 is 0. The first-order chi connectivity index (χ1) is 9.59. The molecule has 0 aromatic carbocycles. The molecule has 0 bridgehead atoms. The van der Waals surface area contributed by atoms with E-state index < -0.39 is 5.54 Å². The lowest BCUT2D eigenvalue weighted by Gasteiger charge is -2.28. The number of aromatic nitrogens is 2. The fraction of sp³-hybridized carbons (Fsp3) is 0.733. The Labute approximate surface area is 120 Å². The number of aryl methyl sites for hydroxylation is 2. The molecular formula is C15H25N3O2. The highest BCUT2D eigenvalue weighted by Gasteiger charge is 2.39. The number of carbonyl (C=O) groups excluding carboxylic acids is 1. The van der Waals surface area contributed by atoms with Crippen LogP contribution >= 0.6 is 0 Å². The number of ether oxygens (including phenoxy) is 1. The van der Waals surface area contributed by atoms with Crippen molar-refractivity contribution in [3.63, 3.8) is 0 Å². The summed E-state index contributed by atoms with van der Waals surface area (Å²) in [4.78, 5) is 16.4. The van der Waals surface area contributed by atoms with Crippen LogP contribution in [0.4, 0.5) is 0 Å². The predicted molar refractivity (Wildman–Crippen MR) is 77.4 cm³/mol. The number of hydrogen-bond donors (Lipinski definition) is 1. The van der Waals surface area contributed by atoms with Crippen LogP contribution in [0.25, 0.3) is 0 Å². The van der Waals surface area contributed by atoms with Crippen LogP contribution in [0.15, 0.2) is 12.4 Å². The third kappa shape index (κ3) is 3.60. The highest BCUT2D eigenvalue weighted by molar-refractivity contribution is 5.80. The zero-order valence-electron chi connectivity index (χ0n) is 12.7. The maximum atomic E-state index is 12.1. The van der Waals surface area contributed by atoms with Gasteiger partial charge in [0.25, 0.3) is 0 Å². The normalized spacial score (nSPS) is 17.8. The second-order valence-electron chi connectivity index (χ2n) is 5.78. The van der Waals surface area contributed by atoms with Crippen molar-refractivity contribution in [1.29, 1.82) is 0 Å². The second-order valence-corrected chi connectivity index (χ2v) is 5.78. The van der Waals surface area contributed by atoms with Crippen molar-refractivity contribution >= 4 is 5.97 Å². The highest BCUT2D eigenvalue weighted by atomic mass is 16.5. The molecule has 1 aliphatic rings. The Morgan fingerprint density at radius 1 is 1.60 bits per heavy atom. The predicted octanol–water partition coefficient (Wildman–Crippen LogP) is 1.91. The Bertz CT molecular complexity index is 454. The molecule has 2 rings (SSSR count). The van der Waals surface area contributed by atoms with Crippen LogP contribution in [0, 0.1) is 0 Å². The van der Waals surface area contributed by atoms with E-state index >= 15 is 0 Å². The van der Waals surface area contributed by atoms with E-state index in [1.54, 1.807) is 0 Å². The van der Waals surface area contributed by atoms with Crippen LogP contribution < -0.4 is 5.32 Å². The first-order valence-electron chi connectivity index (χ1n) is 7.45. The third-order valence-electron chi connectivity index (χ3n) is 3.86. The van der Waals surface area contributed by atoms with Gasteiger partial charge < -0.3 is 9.30 Å². The van der Waals surface area contributed by atoms with Gasteiger partial charge in [-0.2, -0.15) is 0 Å². The van der Waals surface area contributed by atoms with Crippen molar-refractivity contribution in [3.8, 4) is 0 Å². The van der Waals surface area contributed by atoms with Crippen LogP contribution in [-0.4, -0.2) is 34.2 Å². The SMILES string of the molecule is CCCc1nccn1CCC(C)(NC1CC1)C(=O)OC. The Balaban J connectivity index is 2.00. The molecule has 0 spiro atoms. The molecular weight excluding hydrogens is 254 g/mol. The van der Waals surface area contributed by atoms with Crippen molar-refractivity contribution in [2.75, 3.05) is 7.11 Å². The fourth-order valence-corrected chi connectivity index (χ4v) is 2.48. The van der Waals surface area contributed by atoms with E-state index in [4.69, 9.17) is 4.74 Å². The molecule has 5 heteroatoms. The summed E-state index contributed by atoms with van der Waals surface area (Å²) in [5, 5.41) is 3.42. The number of carbonyl (C=O) groups is 1. The molecule has 1 aromatic rings. The van der Waals surface area contributed by atoms with Gasteiger partial charge in [-0.3, -0.25) is 10.1 Å². The number of methoxy groups -OCH3 is 1. The van der Waals surface area contributed by atoms with E-state index in [9.17, 15) is 4.79 Å². The number of hydrogen-bond acceptors (Lipinski definition) is 4. The smallest absolute Gasteiger partial charge is 0.325 e. The van der Waals surface area contributed by atoms with Crippen LogP contribution in [0.3, 0.4) is 0 Å². The molecule has 0 radical (unpaired) electrons. The van der Waals surface area contributed by atoms with Gasteiger partial charge in [0.15, 0.2) is 0 Å². The topological polar surface area (TPSA) is 56.2 Å². The van der Waals surface area contributed by atoms with E-state index in [1.807, 2.05) is 19.3 Å². The summed E-state index contributed by atoms with van der Waals surface area (Å²) in [6.45, 7) is 4.86. The first kappa shape index (κ1) is 15.0. The Hall–Kier alpha value is -1.36. The van der Waals surface area contributed by atoms with E-state index in [-0.39, 0.29) is 5.97 Å². The zero-order valence-corrected chi connectivity index (χ0v) is 12.7. The molecule has 1 saturated carbocycles. The Morgan fingerprint density at radius 2 is 2.35 bits per heavy atom. The minimum atomic E-state index is -0.607. The summed E-state index contributed by atoms with van der Waals surface area (Å²) < 4.78 is 7.10. The molecule has 1 fully saturated rings. The lowest BCUT2D eigenvalue weighted by Crippen LogP contribution is -2.51. The molecule has 5 nitrogen and oxygen atoms in total. The van der Waals surface area contributed by atoms with Gasteiger partial charge in [-0.05, 0) is 32.6 Å². The average molecular weight is 279 g/mol. The van der Waals surface area contributed by atoms with Crippen molar-refractivity contribution in [2.24, 2.45) is 0 Å². The molecule has 0 amide bonds. The fourth-order valence-electron chi connectivity index (χ4n) is 2.48. The van der Waals surface area contributed by atoms with Gasteiger partial charge >= 0.3 is 5.97 Å². The largest absolute Gasteiger partial charge is 0.468 e. The molecule has 0 aliphatic heterocycles. The minimum Gasteiger partial charge on any atom is -0.468 e. The van der Waals surface area contributed by atoms with E-state index in [0.29, 0.717) is 12.5 Å². The number of esters is 1. The van der Waals surface area contributed by atoms with Crippen LogP contribution in [0.1, 0.15) is 45.4 Å². The van der Waals surface area contributed by atoms with Crippen LogP contribution in [-0.2, 0) is 22.5 Å². The quantitative estimate of drug-likeness (QED) is 0.739. The van der Waals surface area contributed by atoms with Crippen LogP contribution in [0.2, 0.25) is 0 Å². The van der Waals surface area contributed by atoms with Gasteiger partial charge in [-0.1, -0.05) is 6.92 Å². The second kappa shape index (κ2) is 6.39. The van der Waals surface area contributed by atoms with Crippen molar-refractivity contribution in [1.82, 2.24) is 14.9 Å². The molecule has 1 N–H and O–H groups in total. The zero-order chi connectivity index (χ0) is 14.6. The molecule has 1 aliphatic carbocycles. The van der Waals surface area contributed by atoms with Crippen molar-refractivity contribution in [3.05, 3.63) is 18.2 Å². The van der Waals surface area contributed by atoms with Gasteiger partial charge in [-0.25, -0.2) is 4.98 Å². The number of nitrogens with one attached hydrogen (secondary N) is 1. The molecule has 1 heterocycles. The first-order valence-corrected chi connectivity index (χ1v) is 7.45. The molecule has 112 valence electrons. The summed E-state index contributed by atoms with van der Waals surface area (Å²) in [5.74, 6) is 0.910. The highest BCUT2D eigenvalue weighted by Crippen LogP contribution is 2.25. The van der Waals surface area contributed by atoms with Crippen molar-refractivity contribution in [2.45, 2.75) is 64.1 Å². The number of nitrogens with zero attached hydrogens (tertiary/aromatic N) is 2. The van der Waals surface area contributed by atoms with E-state index in [1.165, 1.54) is 7.11 Å². The van der Waals surface area contributed by atoms with E-state index in [2.05, 4.69) is 21.8 Å². The summed E-state index contributed by atoms with van der Waals surface area (Å²) in [7, 11) is 1.45.